The van der Waals surface area contributed by atoms with Gasteiger partial charge in [0.05, 0.1) is 24.9 Å². The normalized spacial score (nSPS) is 18.2. The van der Waals surface area contributed by atoms with Crippen molar-refractivity contribution in [2.45, 2.75) is 13.5 Å². The lowest BCUT2D eigenvalue weighted by Gasteiger charge is -2.44. The molecule has 152 valence electrons. The van der Waals surface area contributed by atoms with Gasteiger partial charge in [-0.25, -0.2) is 0 Å². The third-order valence-corrected chi connectivity index (χ3v) is 8.11. The van der Waals surface area contributed by atoms with Crippen molar-refractivity contribution in [3.63, 3.8) is 0 Å². The number of anilines is 1. The fourth-order valence-corrected chi connectivity index (χ4v) is 6.46. The van der Waals surface area contributed by atoms with E-state index >= 15 is 0 Å². The number of hydrogen-bond donors (Lipinski definition) is 1. The second kappa shape index (κ2) is 8.76. The Morgan fingerprint density at radius 3 is 2.41 bits per heavy atom. The van der Waals surface area contributed by atoms with Crippen LogP contribution in [0.25, 0.3) is 0 Å². The standard InChI is InChI=1S/C20H22N3O4PS/c1-3-21-20(29)28(26)22(14-18(24)27-2)17-12-8-7-11-16(17)19(25)23(28)13-15-9-5-4-6-10-15/h4-12H,3,13-14H2,1-2H3,(H,21,29)/t28-/m1/s1. The number of fused-ring (bicyclic) bond motifs is 1. The number of carbonyl (C=O) groups excluding carboxylic acids is 2. The molecule has 1 amide bonds. The van der Waals surface area contributed by atoms with E-state index in [1.54, 1.807) is 24.3 Å². The first kappa shape index (κ1) is 21.0. The van der Waals surface area contributed by atoms with Crippen LogP contribution < -0.4 is 9.99 Å². The van der Waals surface area contributed by atoms with Crippen LogP contribution in [-0.2, 0) is 20.6 Å². The molecule has 0 bridgehead atoms. The summed E-state index contributed by atoms with van der Waals surface area (Å²) < 4.78 is 22.0. The van der Waals surface area contributed by atoms with Crippen molar-refractivity contribution in [3.05, 3.63) is 65.7 Å². The first-order chi connectivity index (χ1) is 13.9. The minimum absolute atomic E-state index is 0.0303. The zero-order valence-electron chi connectivity index (χ0n) is 16.2. The van der Waals surface area contributed by atoms with Crippen molar-refractivity contribution in [2.24, 2.45) is 0 Å². The second-order valence-corrected chi connectivity index (χ2v) is 9.59. The van der Waals surface area contributed by atoms with Gasteiger partial charge in [0.1, 0.15) is 6.54 Å². The Balaban J connectivity index is 2.19. The molecule has 1 aliphatic heterocycles. The lowest BCUT2D eigenvalue weighted by molar-refractivity contribution is -0.138. The lowest BCUT2D eigenvalue weighted by Crippen LogP contribution is -2.47. The highest BCUT2D eigenvalue weighted by atomic mass is 32.1. The zero-order chi connectivity index (χ0) is 21.0. The number of thiocarbonyl (C=S) groups is 1. The predicted octanol–water partition coefficient (Wildman–Crippen LogP) is 3.41. The molecule has 0 unspecified atom stereocenters. The van der Waals surface area contributed by atoms with Gasteiger partial charge in [-0.05, 0) is 24.6 Å². The SMILES string of the molecule is CCNC(=S)[P@]1(=O)N(Cc2ccccc2)C(=O)c2ccccc2N1CC(=O)OC. The van der Waals surface area contributed by atoms with Gasteiger partial charge in [-0.3, -0.25) is 23.5 Å². The largest absolute Gasteiger partial charge is 0.468 e. The molecule has 0 saturated heterocycles. The van der Waals surface area contributed by atoms with Crippen molar-refractivity contribution in [2.75, 3.05) is 24.9 Å². The van der Waals surface area contributed by atoms with Gasteiger partial charge >= 0.3 is 13.4 Å². The highest BCUT2D eigenvalue weighted by molar-refractivity contribution is 8.01. The van der Waals surface area contributed by atoms with Gasteiger partial charge < -0.3 is 10.1 Å². The smallest absolute Gasteiger partial charge is 0.325 e. The number of carbonyl (C=O) groups is 2. The summed E-state index contributed by atoms with van der Waals surface area (Å²) in [5.41, 5.74) is 1.56. The molecule has 1 heterocycles. The topological polar surface area (TPSA) is 79.0 Å². The van der Waals surface area contributed by atoms with Gasteiger partial charge in [-0.2, -0.15) is 0 Å². The van der Waals surface area contributed by atoms with E-state index in [1.807, 2.05) is 37.3 Å². The summed E-state index contributed by atoms with van der Waals surface area (Å²) in [4.78, 5) is 25.5. The van der Waals surface area contributed by atoms with Crippen LogP contribution in [0.3, 0.4) is 0 Å². The molecule has 1 atom stereocenters. The van der Waals surface area contributed by atoms with Crippen molar-refractivity contribution in [3.8, 4) is 0 Å². The van der Waals surface area contributed by atoms with Gasteiger partial charge in [-0.15, -0.1) is 0 Å². The molecule has 0 fully saturated rings. The van der Waals surface area contributed by atoms with Crippen molar-refractivity contribution in [1.29, 1.82) is 0 Å². The number of rotatable bonds is 6. The number of hydrogen-bond acceptors (Lipinski definition) is 5. The summed E-state index contributed by atoms with van der Waals surface area (Å²) >= 11 is 5.47. The Kier molecular flexibility index (Phi) is 6.35. The van der Waals surface area contributed by atoms with Gasteiger partial charge in [0.15, 0.2) is 4.73 Å². The van der Waals surface area contributed by atoms with E-state index in [-0.39, 0.29) is 17.8 Å². The van der Waals surface area contributed by atoms with E-state index in [9.17, 15) is 14.2 Å². The molecule has 3 rings (SSSR count). The maximum absolute atomic E-state index is 14.4. The molecule has 0 saturated carbocycles. The minimum atomic E-state index is -3.83. The molecule has 29 heavy (non-hydrogen) atoms. The van der Waals surface area contributed by atoms with Crippen LogP contribution in [0.15, 0.2) is 54.6 Å². The molecular weight excluding hydrogens is 409 g/mol. The van der Waals surface area contributed by atoms with E-state index in [0.717, 1.165) is 5.56 Å². The summed E-state index contributed by atoms with van der Waals surface area (Å²) in [7, 11) is -2.56. The Bertz CT molecular complexity index is 983. The summed E-state index contributed by atoms with van der Waals surface area (Å²) in [6.45, 7) is 2.05. The summed E-state index contributed by atoms with van der Waals surface area (Å²) in [6, 6.07) is 16.0. The number of esters is 1. The van der Waals surface area contributed by atoms with Crippen LogP contribution in [0.2, 0.25) is 0 Å². The van der Waals surface area contributed by atoms with Crippen LogP contribution in [0, 0.1) is 0 Å². The molecule has 1 N–H and O–H groups in total. The Hall–Kier alpha value is -2.70. The molecule has 1 aliphatic rings. The van der Waals surface area contributed by atoms with Gasteiger partial charge in [0.25, 0.3) is 5.91 Å². The highest BCUT2D eigenvalue weighted by Crippen LogP contribution is 2.60. The van der Waals surface area contributed by atoms with Gasteiger partial charge in [-0.1, -0.05) is 54.7 Å². The monoisotopic (exact) mass is 431 g/mol. The minimum Gasteiger partial charge on any atom is -0.468 e. The van der Waals surface area contributed by atoms with Crippen LogP contribution in [-0.4, -0.2) is 41.5 Å². The second-order valence-electron chi connectivity index (χ2n) is 6.38. The van der Waals surface area contributed by atoms with Gasteiger partial charge in [0, 0.05) is 6.54 Å². The fourth-order valence-electron chi connectivity index (χ4n) is 3.18. The van der Waals surface area contributed by atoms with E-state index in [2.05, 4.69) is 5.32 Å². The molecule has 0 radical (unpaired) electrons. The highest BCUT2D eigenvalue weighted by Gasteiger charge is 2.50. The van der Waals surface area contributed by atoms with E-state index in [4.69, 9.17) is 17.0 Å². The first-order valence-electron chi connectivity index (χ1n) is 9.12. The number of ether oxygens (including phenoxy) is 1. The summed E-state index contributed by atoms with van der Waals surface area (Å²) in [6.07, 6.45) is 0. The number of benzene rings is 2. The van der Waals surface area contributed by atoms with Gasteiger partial charge in [0.2, 0.25) is 0 Å². The number of amides is 1. The Morgan fingerprint density at radius 2 is 1.76 bits per heavy atom. The van der Waals surface area contributed by atoms with E-state index in [1.165, 1.54) is 16.5 Å². The fraction of sp³-hybridized carbons (Fsp3) is 0.250. The molecular formula is C20H22N3O4PS. The molecule has 9 heteroatoms. The van der Waals surface area contributed by atoms with Crippen LogP contribution in [0.4, 0.5) is 5.69 Å². The maximum atomic E-state index is 14.4. The Labute approximate surface area is 175 Å². The first-order valence-corrected chi connectivity index (χ1v) is 11.1. The third kappa shape index (κ3) is 3.91. The van der Waals surface area contributed by atoms with Crippen molar-refractivity contribution in [1.82, 2.24) is 9.99 Å². The molecule has 2 aromatic rings. The van der Waals surface area contributed by atoms with Crippen LogP contribution in [0.5, 0.6) is 0 Å². The summed E-state index contributed by atoms with van der Waals surface area (Å²) in [5, 5.41) is 2.92. The molecule has 0 aliphatic carbocycles. The number of nitrogens with one attached hydrogen (secondary N) is 1. The average molecular weight is 431 g/mol. The third-order valence-electron chi connectivity index (χ3n) is 4.58. The predicted molar refractivity (Wildman–Crippen MR) is 116 cm³/mol. The molecule has 7 nitrogen and oxygen atoms in total. The molecule has 2 aromatic carbocycles. The average Bonchev–Trinajstić information content (AvgIpc) is 2.74. The molecule has 0 aromatic heterocycles. The van der Waals surface area contributed by atoms with Crippen molar-refractivity contribution < 1.29 is 18.9 Å². The van der Waals surface area contributed by atoms with E-state index < -0.39 is 19.3 Å². The zero-order valence-corrected chi connectivity index (χ0v) is 17.9. The number of nitrogens with zero attached hydrogens (tertiary/aromatic N) is 2. The van der Waals surface area contributed by atoms with Crippen LogP contribution in [0.1, 0.15) is 22.8 Å². The summed E-state index contributed by atoms with van der Waals surface area (Å²) in [5.74, 6) is -0.970. The Morgan fingerprint density at radius 1 is 1.10 bits per heavy atom. The maximum Gasteiger partial charge on any atom is 0.325 e. The van der Waals surface area contributed by atoms with Crippen LogP contribution >= 0.6 is 19.7 Å². The van der Waals surface area contributed by atoms with Crippen molar-refractivity contribution >= 4 is 42.0 Å². The quantitative estimate of drug-likeness (QED) is 0.427. The van der Waals surface area contributed by atoms with E-state index in [0.29, 0.717) is 17.8 Å². The lowest BCUT2D eigenvalue weighted by atomic mass is 10.1. The molecule has 0 spiro atoms. The number of methoxy groups -OCH3 is 1. The number of para-hydroxylation sites is 1.